The fraction of sp³-hybridized carbons (Fsp3) is 0.895. The second-order valence-corrected chi connectivity index (χ2v) is 20.0. The summed E-state index contributed by atoms with van der Waals surface area (Å²) in [5.74, 6) is -1.19. The van der Waals surface area contributed by atoms with Crippen LogP contribution in [0.2, 0.25) is 0 Å². The molecule has 11 heteroatoms. The minimum absolute atomic E-state index is 0.128. The molecule has 0 aliphatic carbocycles. The summed E-state index contributed by atoms with van der Waals surface area (Å²) in [7, 11) is 0. The number of hydrogen-bond donors (Lipinski definition) is 6. The number of aliphatic hydroxyl groups is 5. The molecule has 8 atom stereocenters. The lowest BCUT2D eigenvalue weighted by molar-refractivity contribution is -0.305. The number of hydrogen-bond acceptors (Lipinski definition) is 10. The van der Waals surface area contributed by atoms with Crippen molar-refractivity contribution in [3.8, 4) is 0 Å². The van der Waals surface area contributed by atoms with Crippen LogP contribution in [0.15, 0.2) is 24.3 Å². The topological polar surface area (TPSA) is 175 Å². The van der Waals surface area contributed by atoms with E-state index in [0.717, 1.165) is 70.6 Å². The lowest BCUT2D eigenvalue weighted by Crippen LogP contribution is -2.61. The van der Waals surface area contributed by atoms with Gasteiger partial charge in [0, 0.05) is 6.42 Å². The first-order chi connectivity index (χ1) is 33.2. The average molecular weight is 966 g/mol. The minimum Gasteiger partial charge on any atom is -0.454 e. The third-order valence-electron chi connectivity index (χ3n) is 13.6. The van der Waals surface area contributed by atoms with Gasteiger partial charge < -0.3 is 45.1 Å². The SMILES string of the molecule is CCCCCC/C=C\CCCCCCCCC(O)C(=O)NC(COC1OC(CO)C(O)C(O)C1OC(=O)CCCCCCCCCCCCCCC)C(O)/C=C/CCCCCCCCCCCC. The Morgan fingerprint density at radius 3 is 1.44 bits per heavy atom. The van der Waals surface area contributed by atoms with Crippen molar-refractivity contribution in [2.24, 2.45) is 0 Å². The third-order valence-corrected chi connectivity index (χ3v) is 13.6. The van der Waals surface area contributed by atoms with Crippen molar-refractivity contribution in [1.82, 2.24) is 5.32 Å². The van der Waals surface area contributed by atoms with Gasteiger partial charge in [-0.05, 0) is 51.4 Å². The summed E-state index contributed by atoms with van der Waals surface area (Å²) in [6.07, 6.45) is 40.7. The van der Waals surface area contributed by atoms with Crippen LogP contribution in [-0.4, -0.2) is 99.6 Å². The Bertz CT molecular complexity index is 1200. The number of rotatable bonds is 48. The molecule has 1 aliphatic rings. The van der Waals surface area contributed by atoms with Gasteiger partial charge in [0.25, 0.3) is 0 Å². The van der Waals surface area contributed by atoms with Gasteiger partial charge in [0.15, 0.2) is 12.4 Å². The quantitative estimate of drug-likeness (QED) is 0.0196. The number of nitrogens with one attached hydrogen (secondary N) is 1. The number of aliphatic hydroxyl groups excluding tert-OH is 5. The molecule has 11 nitrogen and oxygen atoms in total. The van der Waals surface area contributed by atoms with Gasteiger partial charge in [0.1, 0.15) is 24.4 Å². The van der Waals surface area contributed by atoms with Crippen LogP contribution in [0, 0.1) is 0 Å². The lowest BCUT2D eigenvalue weighted by Gasteiger charge is -2.41. The van der Waals surface area contributed by atoms with E-state index in [0.29, 0.717) is 12.8 Å². The van der Waals surface area contributed by atoms with E-state index in [1.807, 2.05) is 6.08 Å². The van der Waals surface area contributed by atoms with Crippen LogP contribution in [0.4, 0.5) is 0 Å². The van der Waals surface area contributed by atoms with Gasteiger partial charge in [-0.2, -0.15) is 0 Å². The summed E-state index contributed by atoms with van der Waals surface area (Å²) in [6.45, 7) is 5.77. The molecule has 1 rings (SSSR count). The highest BCUT2D eigenvalue weighted by molar-refractivity contribution is 5.80. The maximum absolute atomic E-state index is 13.4. The Kier molecular flexibility index (Phi) is 43.6. The van der Waals surface area contributed by atoms with Crippen LogP contribution in [0.25, 0.3) is 0 Å². The van der Waals surface area contributed by atoms with Crippen molar-refractivity contribution in [2.75, 3.05) is 13.2 Å². The molecule has 0 aromatic carbocycles. The minimum atomic E-state index is -1.61. The number of ether oxygens (including phenoxy) is 3. The Hall–Kier alpha value is -1.86. The van der Waals surface area contributed by atoms with Crippen molar-refractivity contribution in [2.45, 2.75) is 314 Å². The summed E-state index contributed by atoms with van der Waals surface area (Å²) >= 11 is 0. The molecule has 1 saturated heterocycles. The van der Waals surface area contributed by atoms with E-state index in [1.54, 1.807) is 6.08 Å². The van der Waals surface area contributed by atoms with Crippen molar-refractivity contribution in [1.29, 1.82) is 0 Å². The second kappa shape index (κ2) is 46.2. The van der Waals surface area contributed by atoms with E-state index in [4.69, 9.17) is 14.2 Å². The van der Waals surface area contributed by atoms with Crippen LogP contribution < -0.4 is 5.32 Å². The number of esters is 1. The van der Waals surface area contributed by atoms with Gasteiger partial charge in [0.2, 0.25) is 5.91 Å². The van der Waals surface area contributed by atoms with Gasteiger partial charge >= 0.3 is 5.97 Å². The largest absolute Gasteiger partial charge is 0.454 e. The molecule has 1 heterocycles. The maximum atomic E-state index is 13.4. The Balaban J connectivity index is 2.74. The van der Waals surface area contributed by atoms with E-state index >= 15 is 0 Å². The predicted octanol–water partition coefficient (Wildman–Crippen LogP) is 12.6. The Morgan fingerprint density at radius 1 is 0.559 bits per heavy atom. The number of amides is 1. The standard InChI is InChI=1S/C57H107NO10/c1-4-7-10-13-16-19-22-25-27-29-32-35-38-41-44-50(61)56(65)58-48(49(60)43-40-37-34-31-28-24-21-18-15-12-9-6-3)47-66-57-55(54(64)53(63)51(46-59)67-57)68-52(62)45-42-39-36-33-30-26-23-20-17-14-11-8-5-2/h19,22,40,43,48-51,53-55,57,59-61,63-64H,4-18,20-21,23-39,41-42,44-47H2,1-3H3,(H,58,65)/b22-19-,43-40+. The zero-order chi connectivity index (χ0) is 49.7. The van der Waals surface area contributed by atoms with E-state index in [2.05, 4.69) is 38.2 Å². The number of carbonyl (C=O) groups is 2. The van der Waals surface area contributed by atoms with E-state index in [-0.39, 0.29) is 19.4 Å². The van der Waals surface area contributed by atoms with Gasteiger partial charge in [-0.3, -0.25) is 9.59 Å². The second-order valence-electron chi connectivity index (χ2n) is 20.0. The molecule has 8 unspecified atom stereocenters. The molecule has 1 amide bonds. The van der Waals surface area contributed by atoms with Gasteiger partial charge in [-0.25, -0.2) is 0 Å². The predicted molar refractivity (Wildman–Crippen MR) is 278 cm³/mol. The smallest absolute Gasteiger partial charge is 0.306 e. The molecule has 0 aromatic heterocycles. The molecule has 0 bridgehead atoms. The molecule has 6 N–H and O–H groups in total. The highest BCUT2D eigenvalue weighted by atomic mass is 16.7. The highest BCUT2D eigenvalue weighted by Crippen LogP contribution is 2.26. The summed E-state index contributed by atoms with van der Waals surface area (Å²) in [4.78, 5) is 26.4. The molecule has 0 spiro atoms. The molecule has 68 heavy (non-hydrogen) atoms. The third kappa shape index (κ3) is 34.5. The molecule has 0 radical (unpaired) electrons. The summed E-state index contributed by atoms with van der Waals surface area (Å²) in [5.41, 5.74) is 0. The molecule has 0 aromatic rings. The van der Waals surface area contributed by atoms with Crippen LogP contribution >= 0.6 is 0 Å². The zero-order valence-electron chi connectivity index (χ0n) is 44.0. The maximum Gasteiger partial charge on any atom is 0.306 e. The Morgan fingerprint density at radius 2 is 0.971 bits per heavy atom. The van der Waals surface area contributed by atoms with Gasteiger partial charge in [-0.15, -0.1) is 0 Å². The van der Waals surface area contributed by atoms with E-state index < -0.39 is 67.4 Å². The Labute approximate surface area is 416 Å². The lowest BCUT2D eigenvalue weighted by atomic mass is 9.99. The molecular weight excluding hydrogens is 859 g/mol. The number of allylic oxidation sites excluding steroid dienone is 3. The van der Waals surface area contributed by atoms with E-state index in [9.17, 15) is 35.1 Å². The first kappa shape index (κ1) is 64.2. The number of carbonyl (C=O) groups excluding carboxylic acids is 2. The molecule has 0 saturated carbocycles. The first-order valence-corrected chi connectivity index (χ1v) is 28.6. The van der Waals surface area contributed by atoms with Crippen LogP contribution in [0.5, 0.6) is 0 Å². The normalized spacial score (nSPS) is 20.0. The molecule has 1 aliphatic heterocycles. The summed E-state index contributed by atoms with van der Waals surface area (Å²) in [6, 6.07) is -1.02. The van der Waals surface area contributed by atoms with Crippen molar-refractivity contribution in [3.05, 3.63) is 24.3 Å². The van der Waals surface area contributed by atoms with Crippen molar-refractivity contribution in [3.63, 3.8) is 0 Å². The van der Waals surface area contributed by atoms with Crippen molar-refractivity contribution < 1.29 is 49.3 Å². The van der Waals surface area contributed by atoms with Gasteiger partial charge in [-0.1, -0.05) is 231 Å². The summed E-state index contributed by atoms with van der Waals surface area (Å²) < 4.78 is 17.6. The molecule has 400 valence electrons. The van der Waals surface area contributed by atoms with Crippen LogP contribution in [-0.2, 0) is 23.8 Å². The van der Waals surface area contributed by atoms with Crippen LogP contribution in [0.3, 0.4) is 0 Å². The van der Waals surface area contributed by atoms with Crippen molar-refractivity contribution >= 4 is 11.9 Å². The zero-order valence-corrected chi connectivity index (χ0v) is 44.0. The summed E-state index contributed by atoms with van der Waals surface area (Å²) in [5, 5.41) is 56.7. The average Bonchev–Trinajstić information content (AvgIpc) is 3.33. The van der Waals surface area contributed by atoms with Gasteiger partial charge in [0.05, 0.1) is 25.4 Å². The first-order valence-electron chi connectivity index (χ1n) is 28.6. The monoisotopic (exact) mass is 966 g/mol. The number of unbranched alkanes of at least 4 members (excludes halogenated alkanes) is 32. The molecule has 1 fully saturated rings. The molecular formula is C57H107NO10. The fourth-order valence-electron chi connectivity index (χ4n) is 9.00. The fourth-order valence-corrected chi connectivity index (χ4v) is 9.00. The van der Waals surface area contributed by atoms with Crippen LogP contribution in [0.1, 0.15) is 265 Å². The highest BCUT2D eigenvalue weighted by Gasteiger charge is 2.47. The van der Waals surface area contributed by atoms with E-state index in [1.165, 1.54) is 148 Å².